The first-order chi connectivity index (χ1) is 10.0. The molecule has 0 aliphatic carbocycles. The van der Waals surface area contributed by atoms with Gasteiger partial charge in [0.05, 0.1) is 22.4 Å². The molecule has 2 heterocycles. The van der Waals surface area contributed by atoms with Gasteiger partial charge in [-0.3, -0.25) is 14.5 Å². The largest absolute Gasteiger partial charge is 0.343 e. The average Bonchev–Trinajstić information content (AvgIpc) is 2.91. The van der Waals surface area contributed by atoms with Gasteiger partial charge >= 0.3 is 0 Å². The first-order valence-corrected chi connectivity index (χ1v) is 7.69. The third kappa shape index (κ3) is 2.16. The van der Waals surface area contributed by atoms with Crippen LogP contribution in [0.15, 0.2) is 12.1 Å². The number of carbonyl (C=O) groups excluding carboxylic acids is 2. The van der Waals surface area contributed by atoms with E-state index in [1.54, 1.807) is 19.1 Å². The van der Waals surface area contributed by atoms with E-state index in [2.05, 4.69) is 14.1 Å². The molecule has 1 aromatic heterocycles. The normalized spacial score (nSPS) is 22.7. The Morgan fingerprint density at radius 1 is 1.38 bits per heavy atom. The summed E-state index contributed by atoms with van der Waals surface area (Å²) in [6.45, 7) is 3.51. The summed E-state index contributed by atoms with van der Waals surface area (Å²) in [5, 5.41) is 3.08. The number of rotatable bonds is 2. The maximum absolute atomic E-state index is 12.6. The van der Waals surface area contributed by atoms with Crippen molar-refractivity contribution in [1.29, 1.82) is 0 Å². The van der Waals surface area contributed by atoms with Gasteiger partial charge in [-0.05, 0) is 25.5 Å². The molecule has 1 aromatic carbocycles. The lowest BCUT2D eigenvalue weighted by Crippen LogP contribution is -2.62. The number of anilines is 1. The molecule has 2 atom stereocenters. The molecule has 6 nitrogen and oxygen atoms in total. The van der Waals surface area contributed by atoms with E-state index in [9.17, 15) is 9.59 Å². The first-order valence-electron chi connectivity index (χ1n) is 6.58. The second kappa shape index (κ2) is 5.23. The molecule has 2 aromatic rings. The highest BCUT2D eigenvalue weighted by atomic mass is 35.5. The Hall–Kier alpha value is -1.73. The number of piperazine rings is 1. The van der Waals surface area contributed by atoms with Crippen LogP contribution >= 0.6 is 23.3 Å². The molecule has 1 fully saturated rings. The lowest BCUT2D eigenvalue weighted by atomic mass is 10.0. The van der Waals surface area contributed by atoms with Crippen LogP contribution in [0.5, 0.6) is 0 Å². The number of amides is 2. The summed E-state index contributed by atoms with van der Waals surface area (Å²) in [7, 11) is 0. The molecule has 0 bridgehead atoms. The zero-order valence-electron chi connectivity index (χ0n) is 11.5. The Morgan fingerprint density at radius 2 is 2.14 bits per heavy atom. The van der Waals surface area contributed by atoms with Crippen LogP contribution in [0.25, 0.3) is 11.0 Å². The van der Waals surface area contributed by atoms with E-state index >= 15 is 0 Å². The Bertz CT molecular complexity index is 732. The van der Waals surface area contributed by atoms with Gasteiger partial charge < -0.3 is 5.32 Å². The van der Waals surface area contributed by atoms with Crippen LogP contribution in [-0.2, 0) is 9.59 Å². The van der Waals surface area contributed by atoms with E-state index < -0.39 is 12.1 Å². The molecule has 1 aliphatic rings. The third-order valence-corrected chi connectivity index (χ3v) is 4.41. The van der Waals surface area contributed by atoms with Crippen molar-refractivity contribution in [2.24, 2.45) is 0 Å². The topological polar surface area (TPSA) is 75.2 Å². The highest BCUT2D eigenvalue weighted by molar-refractivity contribution is 7.00. The fourth-order valence-electron chi connectivity index (χ4n) is 2.53. The minimum Gasteiger partial charge on any atom is -0.343 e. The Kier molecular flexibility index (Phi) is 3.54. The smallest absolute Gasteiger partial charge is 0.250 e. The number of hydrogen-bond donors (Lipinski definition) is 1. The minimum atomic E-state index is -0.585. The summed E-state index contributed by atoms with van der Waals surface area (Å²) in [5.74, 6) is -0.371. The number of fused-ring (bicyclic) bond motifs is 1. The lowest BCUT2D eigenvalue weighted by Gasteiger charge is -2.37. The quantitative estimate of drug-likeness (QED) is 0.916. The highest BCUT2D eigenvalue weighted by Gasteiger charge is 2.40. The third-order valence-electron chi connectivity index (χ3n) is 3.56. The first kappa shape index (κ1) is 14.2. The molecular weight excluding hydrogens is 312 g/mol. The molecule has 110 valence electrons. The van der Waals surface area contributed by atoms with Crippen LogP contribution in [0.3, 0.4) is 0 Å². The molecule has 2 unspecified atom stereocenters. The Balaban J connectivity index is 2.22. The van der Waals surface area contributed by atoms with Crippen molar-refractivity contribution < 1.29 is 9.59 Å². The molecule has 21 heavy (non-hydrogen) atoms. The molecule has 0 spiro atoms. The van der Waals surface area contributed by atoms with E-state index in [0.29, 0.717) is 28.2 Å². The van der Waals surface area contributed by atoms with Gasteiger partial charge in [0.15, 0.2) is 0 Å². The highest BCUT2D eigenvalue weighted by Crippen LogP contribution is 2.36. The van der Waals surface area contributed by atoms with E-state index in [1.807, 2.05) is 6.92 Å². The Morgan fingerprint density at radius 3 is 2.86 bits per heavy atom. The van der Waals surface area contributed by atoms with Crippen molar-refractivity contribution in [2.45, 2.75) is 32.4 Å². The van der Waals surface area contributed by atoms with Gasteiger partial charge in [-0.2, -0.15) is 8.75 Å². The van der Waals surface area contributed by atoms with Crippen molar-refractivity contribution in [3.05, 3.63) is 17.2 Å². The van der Waals surface area contributed by atoms with Crippen molar-refractivity contribution >= 4 is 51.9 Å². The Labute approximate surface area is 130 Å². The average molecular weight is 325 g/mol. The van der Waals surface area contributed by atoms with E-state index in [1.165, 1.54) is 4.90 Å². The fourth-order valence-corrected chi connectivity index (χ4v) is 3.31. The second-order valence-electron chi connectivity index (χ2n) is 4.89. The summed E-state index contributed by atoms with van der Waals surface area (Å²) >= 11 is 7.34. The van der Waals surface area contributed by atoms with Gasteiger partial charge in [0.1, 0.15) is 23.1 Å². The van der Waals surface area contributed by atoms with E-state index in [0.717, 1.165) is 11.7 Å². The molecule has 1 aliphatic heterocycles. The van der Waals surface area contributed by atoms with E-state index in [-0.39, 0.29) is 11.8 Å². The van der Waals surface area contributed by atoms with Gasteiger partial charge in [-0.1, -0.05) is 18.5 Å². The van der Waals surface area contributed by atoms with Gasteiger partial charge in [0.2, 0.25) is 11.8 Å². The summed E-state index contributed by atoms with van der Waals surface area (Å²) < 4.78 is 8.39. The van der Waals surface area contributed by atoms with Crippen LogP contribution in [0.1, 0.15) is 20.3 Å². The zero-order valence-corrected chi connectivity index (χ0v) is 13.0. The summed E-state index contributed by atoms with van der Waals surface area (Å²) in [4.78, 5) is 26.2. The van der Waals surface area contributed by atoms with Gasteiger partial charge in [-0.25, -0.2) is 0 Å². The molecule has 0 saturated carbocycles. The lowest BCUT2D eigenvalue weighted by molar-refractivity contribution is -0.133. The summed E-state index contributed by atoms with van der Waals surface area (Å²) in [6.07, 6.45) is 0.495. The van der Waals surface area contributed by atoms with Crippen LogP contribution in [-0.4, -0.2) is 32.6 Å². The zero-order chi connectivity index (χ0) is 15.1. The predicted molar refractivity (Wildman–Crippen MR) is 81.6 cm³/mol. The van der Waals surface area contributed by atoms with Crippen molar-refractivity contribution in [1.82, 2.24) is 14.1 Å². The predicted octanol–water partition coefficient (Wildman–Crippen LogP) is 1.97. The van der Waals surface area contributed by atoms with Crippen LogP contribution in [0.2, 0.25) is 5.02 Å². The van der Waals surface area contributed by atoms with Crippen molar-refractivity contribution in [2.75, 3.05) is 4.90 Å². The number of carbonyl (C=O) groups is 2. The number of nitrogens with zero attached hydrogens (tertiary/aromatic N) is 3. The van der Waals surface area contributed by atoms with Crippen LogP contribution in [0, 0.1) is 0 Å². The standard InChI is InChI=1S/C13H13ClN4O2S/c1-3-9-12(19)15-6(2)13(20)18(9)11-7(14)4-5-8-10(11)17-21-16-8/h4-6,9H,3H2,1-2H3,(H,15,19). The van der Waals surface area contributed by atoms with E-state index in [4.69, 9.17) is 11.6 Å². The minimum absolute atomic E-state index is 0.180. The molecule has 3 rings (SSSR count). The van der Waals surface area contributed by atoms with Crippen LogP contribution < -0.4 is 10.2 Å². The molecule has 1 N–H and O–H groups in total. The van der Waals surface area contributed by atoms with Crippen LogP contribution in [0.4, 0.5) is 5.69 Å². The van der Waals surface area contributed by atoms with Gasteiger partial charge in [-0.15, -0.1) is 0 Å². The number of hydrogen-bond acceptors (Lipinski definition) is 5. The number of aromatic nitrogens is 2. The summed E-state index contributed by atoms with van der Waals surface area (Å²) in [6, 6.07) is 2.26. The molecular formula is C13H13ClN4O2S. The SMILES string of the molecule is CCC1C(=O)NC(C)C(=O)N1c1c(Cl)ccc2nsnc12. The summed E-state index contributed by atoms with van der Waals surface area (Å²) in [5.41, 5.74) is 1.70. The maximum Gasteiger partial charge on any atom is 0.250 e. The molecule has 8 heteroatoms. The van der Waals surface area contributed by atoms with Crippen molar-refractivity contribution in [3.8, 4) is 0 Å². The molecule has 2 amide bonds. The maximum atomic E-state index is 12.6. The number of halogens is 1. The van der Waals surface area contributed by atoms with Gasteiger partial charge in [0, 0.05) is 0 Å². The molecule has 0 radical (unpaired) electrons. The molecule has 1 saturated heterocycles. The number of benzene rings is 1. The second-order valence-corrected chi connectivity index (χ2v) is 5.83. The fraction of sp³-hybridized carbons (Fsp3) is 0.385. The van der Waals surface area contributed by atoms with Gasteiger partial charge in [0.25, 0.3) is 0 Å². The van der Waals surface area contributed by atoms with Crippen molar-refractivity contribution in [3.63, 3.8) is 0 Å². The number of nitrogens with one attached hydrogen (secondary N) is 1. The monoisotopic (exact) mass is 324 g/mol.